The van der Waals surface area contributed by atoms with Crippen molar-refractivity contribution < 1.29 is 9.59 Å². The van der Waals surface area contributed by atoms with E-state index in [1.54, 1.807) is 6.07 Å². The SMILES string of the molecule is CC(C)(C)c1cccc2c1CC(=O)C2=O. The highest BCUT2D eigenvalue weighted by Crippen LogP contribution is 2.31. The number of benzene rings is 1. The smallest absolute Gasteiger partial charge is 0.229 e. The maximum atomic E-state index is 11.5. The zero-order valence-corrected chi connectivity index (χ0v) is 9.26. The largest absolute Gasteiger partial charge is 0.290 e. The Hall–Kier alpha value is -1.44. The molecule has 0 spiro atoms. The topological polar surface area (TPSA) is 34.1 Å². The summed E-state index contributed by atoms with van der Waals surface area (Å²) < 4.78 is 0. The fraction of sp³-hybridized carbons (Fsp3) is 0.385. The van der Waals surface area contributed by atoms with Crippen LogP contribution < -0.4 is 0 Å². The van der Waals surface area contributed by atoms with Crippen LogP contribution in [0.25, 0.3) is 0 Å². The van der Waals surface area contributed by atoms with Crippen LogP contribution in [0.4, 0.5) is 0 Å². The van der Waals surface area contributed by atoms with E-state index in [0.29, 0.717) is 5.56 Å². The second kappa shape index (κ2) is 3.02. The van der Waals surface area contributed by atoms with Gasteiger partial charge < -0.3 is 0 Å². The Kier molecular flexibility index (Phi) is 2.03. The Morgan fingerprint density at radius 3 is 2.40 bits per heavy atom. The van der Waals surface area contributed by atoms with Gasteiger partial charge in [0.25, 0.3) is 0 Å². The Morgan fingerprint density at radius 2 is 1.80 bits per heavy atom. The number of rotatable bonds is 0. The summed E-state index contributed by atoms with van der Waals surface area (Å²) >= 11 is 0. The number of ketones is 2. The van der Waals surface area contributed by atoms with Gasteiger partial charge in [-0.05, 0) is 16.5 Å². The van der Waals surface area contributed by atoms with Gasteiger partial charge in [-0.3, -0.25) is 9.59 Å². The minimum atomic E-state index is -0.323. The third kappa shape index (κ3) is 1.50. The first-order chi connectivity index (χ1) is 6.91. The molecule has 78 valence electrons. The molecule has 0 N–H and O–H groups in total. The molecule has 0 bridgehead atoms. The van der Waals surface area contributed by atoms with Gasteiger partial charge in [0, 0.05) is 12.0 Å². The highest BCUT2D eigenvalue weighted by molar-refractivity contribution is 6.47. The maximum absolute atomic E-state index is 11.5. The van der Waals surface area contributed by atoms with Crippen LogP contribution >= 0.6 is 0 Å². The second-order valence-electron chi connectivity index (χ2n) is 5.01. The third-order valence-electron chi connectivity index (χ3n) is 2.82. The Bertz CT molecular complexity index is 450. The van der Waals surface area contributed by atoms with E-state index in [0.717, 1.165) is 11.1 Å². The van der Waals surface area contributed by atoms with E-state index in [4.69, 9.17) is 0 Å². The van der Waals surface area contributed by atoms with Crippen LogP contribution in [0, 0.1) is 0 Å². The molecule has 1 aliphatic carbocycles. The molecular weight excluding hydrogens is 188 g/mol. The number of carbonyl (C=O) groups excluding carboxylic acids is 2. The van der Waals surface area contributed by atoms with E-state index in [-0.39, 0.29) is 23.4 Å². The molecule has 0 radical (unpaired) electrons. The van der Waals surface area contributed by atoms with Crippen molar-refractivity contribution >= 4 is 11.6 Å². The molecule has 0 saturated heterocycles. The first-order valence-corrected chi connectivity index (χ1v) is 5.11. The van der Waals surface area contributed by atoms with E-state index < -0.39 is 0 Å². The molecule has 0 atom stereocenters. The molecule has 0 unspecified atom stereocenters. The van der Waals surface area contributed by atoms with Gasteiger partial charge in [-0.25, -0.2) is 0 Å². The zero-order valence-electron chi connectivity index (χ0n) is 9.26. The Balaban J connectivity index is 2.65. The summed E-state index contributed by atoms with van der Waals surface area (Å²) in [4.78, 5) is 22.9. The number of carbonyl (C=O) groups is 2. The normalized spacial score (nSPS) is 15.7. The summed E-state index contributed by atoms with van der Waals surface area (Å²) in [7, 11) is 0. The van der Waals surface area contributed by atoms with E-state index >= 15 is 0 Å². The van der Waals surface area contributed by atoms with Gasteiger partial charge in [0.2, 0.25) is 11.6 Å². The summed E-state index contributed by atoms with van der Waals surface area (Å²) in [6.45, 7) is 6.28. The minimum Gasteiger partial charge on any atom is -0.290 e. The zero-order chi connectivity index (χ0) is 11.2. The van der Waals surface area contributed by atoms with Crippen molar-refractivity contribution in [2.75, 3.05) is 0 Å². The average molecular weight is 202 g/mol. The average Bonchev–Trinajstić information content (AvgIpc) is 2.41. The van der Waals surface area contributed by atoms with Crippen molar-refractivity contribution in [3.8, 4) is 0 Å². The lowest BCUT2D eigenvalue weighted by atomic mass is 9.82. The minimum absolute atomic E-state index is 0.0176. The number of fused-ring (bicyclic) bond motifs is 1. The number of hydrogen-bond acceptors (Lipinski definition) is 2. The van der Waals surface area contributed by atoms with Crippen LogP contribution in [0.1, 0.15) is 42.3 Å². The maximum Gasteiger partial charge on any atom is 0.229 e. The van der Waals surface area contributed by atoms with E-state index in [1.807, 2.05) is 12.1 Å². The number of hydrogen-bond donors (Lipinski definition) is 0. The molecule has 0 fully saturated rings. The molecule has 2 heteroatoms. The van der Waals surface area contributed by atoms with Gasteiger partial charge in [0.15, 0.2) is 0 Å². The van der Waals surface area contributed by atoms with Gasteiger partial charge >= 0.3 is 0 Å². The fourth-order valence-electron chi connectivity index (χ4n) is 2.08. The molecular formula is C13H14O2. The lowest BCUT2D eigenvalue weighted by Crippen LogP contribution is -2.14. The molecule has 2 rings (SSSR count). The molecule has 0 amide bonds. The molecule has 15 heavy (non-hydrogen) atoms. The Morgan fingerprint density at radius 1 is 1.13 bits per heavy atom. The molecule has 0 heterocycles. The van der Waals surface area contributed by atoms with Crippen molar-refractivity contribution in [2.45, 2.75) is 32.6 Å². The summed E-state index contributed by atoms with van der Waals surface area (Å²) in [6.07, 6.45) is 0.279. The van der Waals surface area contributed by atoms with Crippen LogP contribution in [0.5, 0.6) is 0 Å². The van der Waals surface area contributed by atoms with Gasteiger partial charge in [-0.1, -0.05) is 39.0 Å². The third-order valence-corrected chi connectivity index (χ3v) is 2.82. The predicted octanol–water partition coefficient (Wildman–Crippen LogP) is 2.29. The van der Waals surface area contributed by atoms with Crippen molar-refractivity contribution in [3.05, 3.63) is 34.9 Å². The highest BCUT2D eigenvalue weighted by atomic mass is 16.2. The van der Waals surface area contributed by atoms with E-state index in [2.05, 4.69) is 20.8 Å². The summed E-state index contributed by atoms with van der Waals surface area (Å²) in [5.74, 6) is -0.599. The monoisotopic (exact) mass is 202 g/mol. The lowest BCUT2D eigenvalue weighted by molar-refractivity contribution is -0.114. The molecule has 0 aliphatic heterocycles. The van der Waals surface area contributed by atoms with E-state index in [1.165, 1.54) is 0 Å². The van der Waals surface area contributed by atoms with Crippen LogP contribution in [-0.2, 0) is 16.6 Å². The van der Waals surface area contributed by atoms with E-state index in [9.17, 15) is 9.59 Å². The van der Waals surface area contributed by atoms with Gasteiger partial charge in [-0.2, -0.15) is 0 Å². The Labute approximate surface area is 89.3 Å². The van der Waals surface area contributed by atoms with Crippen LogP contribution in [0.15, 0.2) is 18.2 Å². The van der Waals surface area contributed by atoms with Gasteiger partial charge in [0.1, 0.15) is 0 Å². The quantitative estimate of drug-likeness (QED) is 0.605. The molecule has 1 aromatic carbocycles. The van der Waals surface area contributed by atoms with Gasteiger partial charge in [-0.15, -0.1) is 0 Å². The predicted molar refractivity (Wildman–Crippen MR) is 58.2 cm³/mol. The summed E-state index contributed by atoms with van der Waals surface area (Å²) in [5.41, 5.74) is 2.63. The lowest BCUT2D eigenvalue weighted by Gasteiger charge is -2.21. The van der Waals surface area contributed by atoms with Gasteiger partial charge in [0.05, 0.1) is 0 Å². The molecule has 2 nitrogen and oxygen atoms in total. The van der Waals surface area contributed by atoms with Crippen molar-refractivity contribution in [2.24, 2.45) is 0 Å². The standard InChI is InChI=1S/C13H14O2/c1-13(2,3)10-6-4-5-8-9(10)7-11(14)12(8)15/h4-6H,7H2,1-3H3. The first-order valence-electron chi connectivity index (χ1n) is 5.11. The van der Waals surface area contributed by atoms with Crippen molar-refractivity contribution in [1.29, 1.82) is 0 Å². The van der Waals surface area contributed by atoms with Crippen molar-refractivity contribution in [3.63, 3.8) is 0 Å². The summed E-state index contributed by atoms with van der Waals surface area (Å²) in [6, 6.07) is 5.61. The molecule has 1 aromatic rings. The van der Waals surface area contributed by atoms with Crippen LogP contribution in [0.3, 0.4) is 0 Å². The molecule has 0 saturated carbocycles. The molecule has 0 aromatic heterocycles. The fourth-order valence-corrected chi connectivity index (χ4v) is 2.08. The summed E-state index contributed by atoms with van der Waals surface area (Å²) in [5, 5.41) is 0. The number of Topliss-reactive ketones (excluding diaryl/α,β-unsaturated/α-hetero) is 2. The second-order valence-corrected chi connectivity index (χ2v) is 5.01. The highest BCUT2D eigenvalue weighted by Gasteiger charge is 2.32. The molecule has 1 aliphatic rings. The van der Waals surface area contributed by atoms with Crippen molar-refractivity contribution in [1.82, 2.24) is 0 Å². The van der Waals surface area contributed by atoms with Crippen LogP contribution in [-0.4, -0.2) is 11.6 Å². The first kappa shape index (κ1) is 10.1. The van der Waals surface area contributed by atoms with Crippen LogP contribution in [0.2, 0.25) is 0 Å².